The molecule has 0 saturated carbocycles. The number of nitrogens with zero attached hydrogens (tertiary/aromatic N) is 1. The van der Waals surface area contributed by atoms with Gasteiger partial charge in [0.25, 0.3) is 5.91 Å². The van der Waals surface area contributed by atoms with Gasteiger partial charge in [0.2, 0.25) is 0 Å². The third kappa shape index (κ3) is 2.77. The predicted octanol–water partition coefficient (Wildman–Crippen LogP) is 4.11. The fraction of sp³-hybridized carbons (Fsp3) is 0.0588. The molecule has 2 aromatic carbocycles. The van der Waals surface area contributed by atoms with Crippen LogP contribution in [0.1, 0.15) is 11.1 Å². The van der Waals surface area contributed by atoms with Crippen molar-refractivity contribution >= 4 is 46.0 Å². The van der Waals surface area contributed by atoms with Gasteiger partial charge in [0.05, 0.1) is 10.6 Å². The van der Waals surface area contributed by atoms with Gasteiger partial charge in [-0.25, -0.2) is 0 Å². The minimum absolute atomic E-state index is 0.114. The van der Waals surface area contributed by atoms with Crippen LogP contribution in [-0.4, -0.2) is 15.3 Å². The summed E-state index contributed by atoms with van der Waals surface area (Å²) in [5.74, 6) is 0.0852. The van der Waals surface area contributed by atoms with Gasteiger partial charge >= 0.3 is 0 Å². The van der Waals surface area contributed by atoms with E-state index >= 15 is 0 Å². The Bertz CT molecular complexity index is 782. The second kappa shape index (κ2) is 5.94. The number of carbonyl (C=O) groups excluding carboxylic acids is 1. The number of aryl methyl sites for hydroxylation is 1. The maximum Gasteiger partial charge on any atom is 0.270 e. The lowest BCUT2D eigenvalue weighted by molar-refractivity contribution is -0.113. The molecule has 2 aromatic rings. The summed E-state index contributed by atoms with van der Waals surface area (Å²) in [4.78, 5) is 14.8. The molecule has 22 heavy (non-hydrogen) atoms. The maximum absolute atomic E-state index is 12.6. The molecule has 0 unspecified atom stereocenters. The van der Waals surface area contributed by atoms with Crippen LogP contribution in [0.3, 0.4) is 0 Å². The van der Waals surface area contributed by atoms with Gasteiger partial charge in [0, 0.05) is 0 Å². The molecule has 1 saturated heterocycles. The summed E-state index contributed by atoms with van der Waals surface area (Å²) < 4.78 is 0.532. The molecule has 1 aliphatic heterocycles. The third-order valence-electron chi connectivity index (χ3n) is 3.34. The summed E-state index contributed by atoms with van der Waals surface area (Å²) in [5.41, 5.74) is 2.67. The van der Waals surface area contributed by atoms with Crippen molar-refractivity contribution in [3.63, 3.8) is 0 Å². The maximum atomic E-state index is 12.6. The Morgan fingerprint density at radius 3 is 2.50 bits per heavy atom. The highest BCUT2D eigenvalue weighted by Crippen LogP contribution is 2.37. The molecule has 0 bridgehead atoms. The molecule has 1 N–H and O–H groups in total. The molecular formula is C17H13NO2S2. The highest BCUT2D eigenvalue weighted by Gasteiger charge is 2.33. The lowest BCUT2D eigenvalue weighted by Crippen LogP contribution is -2.28. The van der Waals surface area contributed by atoms with E-state index in [1.54, 1.807) is 35.2 Å². The van der Waals surface area contributed by atoms with Gasteiger partial charge in [-0.3, -0.25) is 9.69 Å². The zero-order valence-corrected chi connectivity index (χ0v) is 13.4. The number of aromatic hydroxyl groups is 1. The average molecular weight is 327 g/mol. The molecule has 1 aliphatic rings. The standard InChI is InChI=1S/C17H13NO2S2/c1-11-4-2-3-5-14(11)18-16(20)15(22-17(18)21)10-12-6-8-13(19)9-7-12/h2-10,19H,1H3/b15-10+. The van der Waals surface area contributed by atoms with Gasteiger partial charge in [-0.05, 0) is 42.3 Å². The van der Waals surface area contributed by atoms with Crippen LogP contribution in [0.4, 0.5) is 5.69 Å². The molecule has 3 nitrogen and oxygen atoms in total. The number of phenols is 1. The highest BCUT2D eigenvalue weighted by molar-refractivity contribution is 8.27. The SMILES string of the molecule is Cc1ccccc1N1C(=O)/C(=C\c2ccc(O)cc2)SC1=S. The monoisotopic (exact) mass is 327 g/mol. The van der Waals surface area contributed by atoms with E-state index in [0.29, 0.717) is 9.23 Å². The van der Waals surface area contributed by atoms with Gasteiger partial charge in [-0.2, -0.15) is 0 Å². The molecule has 110 valence electrons. The number of para-hydroxylation sites is 1. The first kappa shape index (κ1) is 14.8. The van der Waals surface area contributed by atoms with Crippen LogP contribution in [0.15, 0.2) is 53.4 Å². The summed E-state index contributed by atoms with van der Waals surface area (Å²) >= 11 is 6.65. The molecule has 0 spiro atoms. The molecule has 0 atom stereocenters. The molecule has 0 radical (unpaired) electrons. The molecular weight excluding hydrogens is 314 g/mol. The number of benzene rings is 2. The van der Waals surface area contributed by atoms with Gasteiger partial charge in [-0.1, -0.05) is 54.3 Å². The molecule has 0 aromatic heterocycles. The van der Waals surface area contributed by atoms with Crippen molar-refractivity contribution in [2.45, 2.75) is 6.92 Å². The number of thiocarbonyl (C=S) groups is 1. The zero-order valence-electron chi connectivity index (χ0n) is 11.8. The number of hydrogen-bond acceptors (Lipinski definition) is 4. The van der Waals surface area contributed by atoms with E-state index < -0.39 is 0 Å². The molecule has 1 fully saturated rings. The number of amides is 1. The number of anilines is 1. The largest absolute Gasteiger partial charge is 0.508 e. The second-order valence-electron chi connectivity index (χ2n) is 4.90. The Kier molecular flexibility index (Phi) is 4.00. The van der Waals surface area contributed by atoms with Crippen molar-refractivity contribution in [1.82, 2.24) is 0 Å². The summed E-state index contributed by atoms with van der Waals surface area (Å²) in [6.07, 6.45) is 1.79. The zero-order chi connectivity index (χ0) is 15.7. The Morgan fingerprint density at radius 2 is 1.82 bits per heavy atom. The first-order valence-electron chi connectivity index (χ1n) is 6.69. The van der Waals surface area contributed by atoms with E-state index in [2.05, 4.69) is 0 Å². The molecule has 5 heteroatoms. The minimum Gasteiger partial charge on any atom is -0.508 e. The van der Waals surface area contributed by atoms with Crippen molar-refractivity contribution in [3.05, 3.63) is 64.6 Å². The summed E-state index contributed by atoms with van der Waals surface area (Å²) in [6, 6.07) is 14.4. The fourth-order valence-electron chi connectivity index (χ4n) is 2.21. The van der Waals surface area contributed by atoms with Crippen LogP contribution < -0.4 is 4.90 Å². The van der Waals surface area contributed by atoms with Crippen molar-refractivity contribution in [2.75, 3.05) is 4.90 Å². The van der Waals surface area contributed by atoms with E-state index in [9.17, 15) is 9.90 Å². The number of thioether (sulfide) groups is 1. The van der Waals surface area contributed by atoms with Crippen LogP contribution in [0.5, 0.6) is 5.75 Å². The lowest BCUT2D eigenvalue weighted by atomic mass is 10.1. The van der Waals surface area contributed by atoms with E-state index in [1.165, 1.54) is 11.8 Å². The normalized spacial score (nSPS) is 16.6. The number of rotatable bonds is 2. The number of hydrogen-bond donors (Lipinski definition) is 1. The number of phenolic OH excluding ortho intramolecular Hbond substituents is 1. The van der Waals surface area contributed by atoms with E-state index in [1.807, 2.05) is 31.2 Å². The van der Waals surface area contributed by atoms with Crippen molar-refractivity contribution < 1.29 is 9.90 Å². The minimum atomic E-state index is -0.114. The summed E-state index contributed by atoms with van der Waals surface area (Å²) in [5, 5.41) is 9.31. The van der Waals surface area contributed by atoms with Crippen LogP contribution >= 0.6 is 24.0 Å². The lowest BCUT2D eigenvalue weighted by Gasteiger charge is -2.16. The van der Waals surface area contributed by atoms with Gasteiger partial charge in [0.1, 0.15) is 5.75 Å². The highest BCUT2D eigenvalue weighted by atomic mass is 32.2. The van der Waals surface area contributed by atoms with E-state index in [4.69, 9.17) is 12.2 Å². The first-order chi connectivity index (χ1) is 10.6. The van der Waals surface area contributed by atoms with Crippen LogP contribution in [0, 0.1) is 6.92 Å². The molecule has 3 rings (SSSR count). The smallest absolute Gasteiger partial charge is 0.270 e. The average Bonchev–Trinajstić information content (AvgIpc) is 2.77. The first-order valence-corrected chi connectivity index (χ1v) is 7.91. The summed E-state index contributed by atoms with van der Waals surface area (Å²) in [7, 11) is 0. The second-order valence-corrected chi connectivity index (χ2v) is 6.57. The van der Waals surface area contributed by atoms with E-state index in [-0.39, 0.29) is 11.7 Å². The Labute approximate surface area is 138 Å². The number of carbonyl (C=O) groups is 1. The summed E-state index contributed by atoms with van der Waals surface area (Å²) in [6.45, 7) is 1.96. The molecule has 1 amide bonds. The van der Waals surface area contributed by atoms with Crippen molar-refractivity contribution in [3.8, 4) is 5.75 Å². The van der Waals surface area contributed by atoms with Gasteiger partial charge < -0.3 is 5.11 Å². The van der Waals surface area contributed by atoms with E-state index in [0.717, 1.165) is 16.8 Å². The molecule has 1 heterocycles. The van der Waals surface area contributed by atoms with Gasteiger partial charge in [0.15, 0.2) is 4.32 Å². The Balaban J connectivity index is 1.95. The molecule has 0 aliphatic carbocycles. The third-order valence-corrected chi connectivity index (χ3v) is 4.64. The topological polar surface area (TPSA) is 40.5 Å². The Hall–Kier alpha value is -2.11. The van der Waals surface area contributed by atoms with Crippen molar-refractivity contribution in [2.24, 2.45) is 0 Å². The Morgan fingerprint density at radius 1 is 1.14 bits per heavy atom. The van der Waals surface area contributed by atoms with Crippen LogP contribution in [0.25, 0.3) is 6.08 Å². The quantitative estimate of drug-likeness (QED) is 0.666. The van der Waals surface area contributed by atoms with Crippen molar-refractivity contribution in [1.29, 1.82) is 0 Å². The van der Waals surface area contributed by atoms with Gasteiger partial charge in [-0.15, -0.1) is 0 Å². The van der Waals surface area contributed by atoms with Crippen LogP contribution in [-0.2, 0) is 4.79 Å². The van der Waals surface area contributed by atoms with Crippen LogP contribution in [0.2, 0.25) is 0 Å². The predicted molar refractivity (Wildman–Crippen MR) is 94.9 cm³/mol. The fourth-order valence-corrected chi connectivity index (χ4v) is 3.50.